The van der Waals surface area contributed by atoms with Crippen LogP contribution in [0.2, 0.25) is 0 Å². The molecule has 0 aromatic rings. The molecule has 11 heavy (non-hydrogen) atoms. The van der Waals surface area contributed by atoms with Gasteiger partial charge >= 0.3 is 0 Å². The zero-order valence-corrected chi connectivity index (χ0v) is 6.62. The maximum atomic E-state index is 10.5. The summed E-state index contributed by atoms with van der Waals surface area (Å²) in [4.78, 5) is 10.5. The third-order valence-electron chi connectivity index (χ3n) is 2.33. The van der Waals surface area contributed by atoms with E-state index in [0.717, 1.165) is 25.7 Å². The van der Waals surface area contributed by atoms with Crippen LogP contribution in [-0.4, -0.2) is 17.1 Å². The van der Waals surface area contributed by atoms with Crippen molar-refractivity contribution in [3.63, 3.8) is 0 Å². The van der Waals surface area contributed by atoms with Gasteiger partial charge in [-0.2, -0.15) is 0 Å². The summed E-state index contributed by atoms with van der Waals surface area (Å²) in [6.07, 6.45) is 4.03. The maximum absolute atomic E-state index is 10.5. The van der Waals surface area contributed by atoms with Crippen LogP contribution in [0.15, 0.2) is 0 Å². The molecule has 0 saturated heterocycles. The van der Waals surface area contributed by atoms with Crippen LogP contribution in [-0.2, 0) is 4.79 Å². The Bertz CT molecular complexity index is 147. The number of hydrogen-bond donors (Lipinski definition) is 2. The van der Waals surface area contributed by atoms with Crippen molar-refractivity contribution in [2.75, 3.05) is 0 Å². The zero-order valence-electron chi connectivity index (χ0n) is 6.62. The predicted octanol–water partition coefficient (Wildman–Crippen LogP) is 0.413. The summed E-state index contributed by atoms with van der Waals surface area (Å²) >= 11 is 0. The molecule has 0 bridgehead atoms. The van der Waals surface area contributed by atoms with Gasteiger partial charge in [0.25, 0.3) is 0 Å². The summed E-state index contributed by atoms with van der Waals surface area (Å²) in [5.74, 6) is -0.169. The SMILES string of the molecule is NC(=O)C[C@@H]1CCCC[C@@H]1O. The number of aliphatic hydroxyl groups excluding tert-OH is 1. The van der Waals surface area contributed by atoms with E-state index in [4.69, 9.17) is 5.73 Å². The molecule has 0 spiro atoms. The van der Waals surface area contributed by atoms with Crippen LogP contribution >= 0.6 is 0 Å². The highest BCUT2D eigenvalue weighted by Gasteiger charge is 2.23. The molecule has 0 aromatic carbocycles. The summed E-state index contributed by atoms with van der Waals surface area (Å²) in [6, 6.07) is 0. The first kappa shape index (κ1) is 8.53. The third kappa shape index (κ3) is 2.50. The minimum absolute atomic E-state index is 0.126. The Hall–Kier alpha value is -0.570. The van der Waals surface area contributed by atoms with Gasteiger partial charge < -0.3 is 10.8 Å². The quantitative estimate of drug-likeness (QED) is 0.610. The molecule has 3 nitrogen and oxygen atoms in total. The summed E-state index contributed by atoms with van der Waals surface area (Å²) in [5, 5.41) is 9.41. The maximum Gasteiger partial charge on any atom is 0.217 e. The van der Waals surface area contributed by atoms with E-state index in [0.29, 0.717) is 6.42 Å². The molecule has 0 aliphatic heterocycles. The monoisotopic (exact) mass is 157 g/mol. The Kier molecular flexibility index (Phi) is 2.88. The van der Waals surface area contributed by atoms with Gasteiger partial charge in [-0.15, -0.1) is 0 Å². The molecule has 64 valence electrons. The second-order valence-corrected chi connectivity index (χ2v) is 3.28. The Labute approximate surface area is 66.6 Å². The smallest absolute Gasteiger partial charge is 0.217 e. The van der Waals surface area contributed by atoms with Crippen molar-refractivity contribution < 1.29 is 9.90 Å². The van der Waals surface area contributed by atoms with Crippen LogP contribution in [0.5, 0.6) is 0 Å². The molecule has 1 aliphatic carbocycles. The lowest BCUT2D eigenvalue weighted by Crippen LogP contribution is -2.28. The number of rotatable bonds is 2. The highest BCUT2D eigenvalue weighted by atomic mass is 16.3. The molecule has 0 heterocycles. The lowest BCUT2D eigenvalue weighted by Gasteiger charge is -2.26. The number of primary amides is 1. The molecular weight excluding hydrogens is 142 g/mol. The molecule has 0 aromatic heterocycles. The fraction of sp³-hybridized carbons (Fsp3) is 0.875. The summed E-state index contributed by atoms with van der Waals surface area (Å²) in [5.41, 5.74) is 5.04. The predicted molar refractivity (Wildman–Crippen MR) is 41.8 cm³/mol. The van der Waals surface area contributed by atoms with Crippen molar-refractivity contribution in [2.24, 2.45) is 11.7 Å². The second-order valence-electron chi connectivity index (χ2n) is 3.28. The third-order valence-corrected chi connectivity index (χ3v) is 2.33. The Morgan fingerprint density at radius 3 is 2.64 bits per heavy atom. The van der Waals surface area contributed by atoms with Gasteiger partial charge in [-0.3, -0.25) is 4.79 Å². The van der Waals surface area contributed by atoms with Gasteiger partial charge in [0.1, 0.15) is 0 Å². The number of hydrogen-bond acceptors (Lipinski definition) is 2. The van der Waals surface area contributed by atoms with Gasteiger partial charge in [0.05, 0.1) is 6.10 Å². The van der Waals surface area contributed by atoms with Crippen LogP contribution in [0.3, 0.4) is 0 Å². The van der Waals surface area contributed by atoms with Crippen LogP contribution in [0.4, 0.5) is 0 Å². The van der Waals surface area contributed by atoms with Crippen molar-refractivity contribution >= 4 is 5.91 Å². The average molecular weight is 157 g/mol. The largest absolute Gasteiger partial charge is 0.393 e. The van der Waals surface area contributed by atoms with Gasteiger partial charge in [0.2, 0.25) is 5.91 Å². The highest BCUT2D eigenvalue weighted by Crippen LogP contribution is 2.26. The molecule has 1 aliphatic rings. The van der Waals surface area contributed by atoms with Crippen LogP contribution in [0, 0.1) is 5.92 Å². The van der Waals surface area contributed by atoms with Crippen molar-refractivity contribution in [2.45, 2.75) is 38.2 Å². The Balaban J connectivity index is 2.35. The van der Waals surface area contributed by atoms with E-state index in [1.165, 1.54) is 0 Å². The first-order valence-corrected chi connectivity index (χ1v) is 4.16. The first-order chi connectivity index (χ1) is 5.20. The van der Waals surface area contributed by atoms with Crippen molar-refractivity contribution in [1.29, 1.82) is 0 Å². The molecule has 1 amide bonds. The van der Waals surface area contributed by atoms with E-state index in [1.54, 1.807) is 0 Å². The molecule has 1 rings (SSSR count). The van der Waals surface area contributed by atoms with Crippen LogP contribution < -0.4 is 5.73 Å². The average Bonchev–Trinajstić information content (AvgIpc) is 1.93. The fourth-order valence-electron chi connectivity index (χ4n) is 1.68. The minimum atomic E-state index is -0.295. The fourth-order valence-corrected chi connectivity index (χ4v) is 1.68. The minimum Gasteiger partial charge on any atom is -0.393 e. The number of carbonyl (C=O) groups excluding carboxylic acids is 1. The van der Waals surface area contributed by atoms with E-state index >= 15 is 0 Å². The van der Waals surface area contributed by atoms with Crippen LogP contribution in [0.1, 0.15) is 32.1 Å². The molecule has 0 unspecified atom stereocenters. The molecule has 3 heteroatoms. The topological polar surface area (TPSA) is 63.3 Å². The van der Waals surface area contributed by atoms with E-state index in [1.807, 2.05) is 0 Å². The molecule has 1 saturated carbocycles. The standard InChI is InChI=1S/C8H15NO2/c9-8(11)5-6-3-1-2-4-7(6)10/h6-7,10H,1-5H2,(H2,9,11)/t6-,7-/m0/s1. The number of aliphatic hydroxyl groups is 1. The lowest BCUT2D eigenvalue weighted by atomic mass is 9.84. The van der Waals surface area contributed by atoms with E-state index in [2.05, 4.69) is 0 Å². The number of amides is 1. The van der Waals surface area contributed by atoms with Gasteiger partial charge in [-0.25, -0.2) is 0 Å². The summed E-state index contributed by atoms with van der Waals surface area (Å²) in [6.45, 7) is 0. The van der Waals surface area contributed by atoms with E-state index < -0.39 is 0 Å². The van der Waals surface area contributed by atoms with Crippen LogP contribution in [0.25, 0.3) is 0 Å². The number of nitrogens with two attached hydrogens (primary N) is 1. The van der Waals surface area contributed by atoms with Gasteiger partial charge in [0.15, 0.2) is 0 Å². The van der Waals surface area contributed by atoms with Crippen molar-refractivity contribution in [3.05, 3.63) is 0 Å². The Morgan fingerprint density at radius 1 is 1.45 bits per heavy atom. The molecule has 0 radical (unpaired) electrons. The molecule has 1 fully saturated rings. The molecular formula is C8H15NO2. The summed E-state index contributed by atoms with van der Waals surface area (Å²) in [7, 11) is 0. The first-order valence-electron chi connectivity index (χ1n) is 4.16. The van der Waals surface area contributed by atoms with Crippen molar-refractivity contribution in [3.8, 4) is 0 Å². The Morgan fingerprint density at radius 2 is 2.09 bits per heavy atom. The second kappa shape index (κ2) is 3.72. The van der Waals surface area contributed by atoms with Gasteiger partial charge in [-0.05, 0) is 18.8 Å². The van der Waals surface area contributed by atoms with E-state index in [9.17, 15) is 9.90 Å². The normalized spacial score (nSPS) is 31.7. The van der Waals surface area contributed by atoms with Gasteiger partial charge in [0, 0.05) is 6.42 Å². The lowest BCUT2D eigenvalue weighted by molar-refractivity contribution is -0.120. The highest BCUT2D eigenvalue weighted by molar-refractivity contribution is 5.74. The summed E-state index contributed by atoms with van der Waals surface area (Å²) < 4.78 is 0. The number of carbonyl (C=O) groups is 1. The molecule has 2 atom stereocenters. The van der Waals surface area contributed by atoms with Gasteiger partial charge in [-0.1, -0.05) is 12.8 Å². The molecule has 3 N–H and O–H groups in total. The van der Waals surface area contributed by atoms with Crippen molar-refractivity contribution in [1.82, 2.24) is 0 Å². The zero-order chi connectivity index (χ0) is 8.27. The van der Waals surface area contributed by atoms with E-state index in [-0.39, 0.29) is 17.9 Å².